The number of benzene rings is 3. The van der Waals surface area contributed by atoms with Gasteiger partial charge >= 0.3 is 0 Å². The van der Waals surface area contributed by atoms with Crippen molar-refractivity contribution in [2.24, 2.45) is 0 Å². The second kappa shape index (κ2) is 12.9. The summed E-state index contributed by atoms with van der Waals surface area (Å²) in [6.07, 6.45) is 0.750. The van der Waals surface area contributed by atoms with Crippen molar-refractivity contribution < 1.29 is 18.0 Å². The molecule has 2 atom stereocenters. The molecule has 8 heteroatoms. The molecule has 0 spiro atoms. The van der Waals surface area contributed by atoms with E-state index in [1.54, 1.807) is 37.3 Å². The van der Waals surface area contributed by atoms with Crippen molar-refractivity contribution in [3.63, 3.8) is 0 Å². The Morgan fingerprint density at radius 2 is 1.44 bits per heavy atom. The van der Waals surface area contributed by atoms with Gasteiger partial charge in [0.25, 0.3) is 10.0 Å². The number of hydrogen-bond donors (Lipinski definition) is 1. The van der Waals surface area contributed by atoms with Gasteiger partial charge in [0.05, 0.1) is 10.6 Å². The van der Waals surface area contributed by atoms with Gasteiger partial charge < -0.3 is 10.2 Å². The lowest BCUT2D eigenvalue weighted by Crippen LogP contribution is -2.52. The predicted octanol–water partition coefficient (Wildman–Crippen LogP) is 5.14. The maximum atomic E-state index is 14.0. The Morgan fingerprint density at radius 3 is 2.00 bits per heavy atom. The molecule has 3 aromatic rings. The molecule has 2 amide bonds. The van der Waals surface area contributed by atoms with Gasteiger partial charge in [-0.25, -0.2) is 8.42 Å². The Balaban J connectivity index is 2.04. The molecule has 0 aliphatic rings. The molecule has 0 heterocycles. The van der Waals surface area contributed by atoms with Crippen LogP contribution in [0, 0.1) is 20.8 Å². The number of nitrogens with zero attached hydrogens (tertiary/aromatic N) is 2. The van der Waals surface area contributed by atoms with Gasteiger partial charge in [-0.15, -0.1) is 0 Å². The Bertz CT molecular complexity index is 1370. The third-order valence-corrected chi connectivity index (χ3v) is 8.53. The zero-order chi connectivity index (χ0) is 28.7. The van der Waals surface area contributed by atoms with Crippen LogP contribution in [0.3, 0.4) is 0 Å². The lowest BCUT2D eigenvalue weighted by Gasteiger charge is -2.32. The molecular weight excluding hydrogens is 510 g/mol. The number of nitrogens with one attached hydrogen (secondary N) is 1. The quantitative estimate of drug-likeness (QED) is 0.359. The Kier molecular flexibility index (Phi) is 9.92. The van der Waals surface area contributed by atoms with Gasteiger partial charge in [-0.3, -0.25) is 13.9 Å². The van der Waals surface area contributed by atoms with Gasteiger partial charge in [0.1, 0.15) is 12.6 Å². The first kappa shape index (κ1) is 29.9. The average Bonchev–Trinajstić information content (AvgIpc) is 2.90. The lowest BCUT2D eigenvalue weighted by molar-refractivity contribution is -0.139. The standard InChI is InChI=1S/C31H39N3O4S/c1-7-25(5)32-31(36)26(6)33(20-27-15-13-22(2)14-16-27)30(35)21-34(28-18-23(3)17-24(4)19-28)39(37,38)29-11-9-8-10-12-29/h8-19,25-26H,7,20-21H2,1-6H3,(H,32,36)/t25-,26-/m0/s1. The van der Waals surface area contributed by atoms with Crippen molar-refractivity contribution in [2.75, 3.05) is 10.8 Å². The zero-order valence-corrected chi connectivity index (χ0v) is 24.5. The van der Waals surface area contributed by atoms with E-state index in [0.29, 0.717) is 5.69 Å². The number of amides is 2. The number of carbonyl (C=O) groups excluding carboxylic acids is 2. The molecule has 0 fully saturated rings. The molecule has 0 aliphatic heterocycles. The molecule has 7 nitrogen and oxygen atoms in total. The molecule has 0 aliphatic carbocycles. The van der Waals surface area contributed by atoms with Crippen molar-refractivity contribution >= 4 is 27.5 Å². The number of carbonyl (C=O) groups is 2. The third-order valence-electron chi connectivity index (χ3n) is 6.75. The average molecular weight is 550 g/mol. The smallest absolute Gasteiger partial charge is 0.264 e. The van der Waals surface area contributed by atoms with E-state index in [-0.39, 0.29) is 23.4 Å². The van der Waals surface area contributed by atoms with Crippen LogP contribution in [0.2, 0.25) is 0 Å². The maximum absolute atomic E-state index is 14.0. The Labute approximate surface area is 232 Å². The van der Waals surface area contributed by atoms with E-state index in [4.69, 9.17) is 0 Å². The highest BCUT2D eigenvalue weighted by molar-refractivity contribution is 7.92. The van der Waals surface area contributed by atoms with Gasteiger partial charge in [0.2, 0.25) is 11.8 Å². The summed E-state index contributed by atoms with van der Waals surface area (Å²) in [5.74, 6) is -0.755. The third kappa shape index (κ3) is 7.69. The molecule has 0 saturated heterocycles. The Hall–Kier alpha value is -3.65. The molecule has 3 aromatic carbocycles. The van der Waals surface area contributed by atoms with Gasteiger partial charge in [-0.1, -0.05) is 61.0 Å². The first-order chi connectivity index (χ1) is 18.4. The van der Waals surface area contributed by atoms with E-state index in [2.05, 4.69) is 5.32 Å². The summed E-state index contributed by atoms with van der Waals surface area (Å²) in [6, 6.07) is 20.4. The number of rotatable bonds is 11. The topological polar surface area (TPSA) is 86.8 Å². The summed E-state index contributed by atoms with van der Waals surface area (Å²) < 4.78 is 28.9. The SMILES string of the molecule is CC[C@H](C)NC(=O)[C@H](C)N(Cc1ccc(C)cc1)C(=O)CN(c1cc(C)cc(C)c1)S(=O)(=O)c1ccccc1. The van der Waals surface area contributed by atoms with Crippen LogP contribution in [0.15, 0.2) is 77.7 Å². The van der Waals surface area contributed by atoms with E-state index < -0.39 is 28.5 Å². The van der Waals surface area contributed by atoms with Crippen LogP contribution in [0.5, 0.6) is 0 Å². The number of hydrogen-bond acceptors (Lipinski definition) is 4. The fourth-order valence-electron chi connectivity index (χ4n) is 4.28. The predicted molar refractivity (Wildman–Crippen MR) is 156 cm³/mol. The minimum Gasteiger partial charge on any atom is -0.352 e. The van der Waals surface area contributed by atoms with E-state index in [9.17, 15) is 18.0 Å². The van der Waals surface area contributed by atoms with Crippen LogP contribution in [0.1, 0.15) is 49.4 Å². The van der Waals surface area contributed by atoms with Crippen LogP contribution in [0.4, 0.5) is 5.69 Å². The molecule has 0 unspecified atom stereocenters. The van der Waals surface area contributed by atoms with Crippen LogP contribution in [0.25, 0.3) is 0 Å². The van der Waals surface area contributed by atoms with E-state index in [1.807, 2.05) is 65.0 Å². The summed E-state index contributed by atoms with van der Waals surface area (Å²) in [4.78, 5) is 28.7. The monoisotopic (exact) mass is 549 g/mol. The van der Waals surface area contributed by atoms with Crippen molar-refractivity contribution in [3.8, 4) is 0 Å². The second-order valence-corrected chi connectivity index (χ2v) is 12.0. The number of sulfonamides is 1. The molecule has 1 N–H and O–H groups in total. The highest BCUT2D eigenvalue weighted by atomic mass is 32.2. The first-order valence-corrected chi connectivity index (χ1v) is 14.7. The summed E-state index contributed by atoms with van der Waals surface area (Å²) in [6.45, 7) is 11.0. The van der Waals surface area contributed by atoms with Crippen molar-refractivity contribution in [3.05, 3.63) is 95.1 Å². The van der Waals surface area contributed by atoms with Crippen molar-refractivity contribution in [2.45, 2.75) is 71.5 Å². The van der Waals surface area contributed by atoms with Crippen LogP contribution in [-0.4, -0.2) is 43.8 Å². The minimum absolute atomic E-state index is 0.0542. The largest absolute Gasteiger partial charge is 0.352 e. The molecule has 0 bridgehead atoms. The summed E-state index contributed by atoms with van der Waals surface area (Å²) in [7, 11) is -4.08. The first-order valence-electron chi connectivity index (χ1n) is 13.2. The molecular formula is C31H39N3O4S. The summed E-state index contributed by atoms with van der Waals surface area (Å²) >= 11 is 0. The minimum atomic E-state index is -4.08. The van der Waals surface area contributed by atoms with Gasteiger partial charge in [-0.05, 0) is 82.0 Å². The van der Waals surface area contributed by atoms with Crippen molar-refractivity contribution in [1.82, 2.24) is 10.2 Å². The molecule has 39 heavy (non-hydrogen) atoms. The zero-order valence-electron chi connectivity index (χ0n) is 23.6. The Morgan fingerprint density at radius 1 is 0.846 bits per heavy atom. The lowest BCUT2D eigenvalue weighted by atomic mass is 10.1. The maximum Gasteiger partial charge on any atom is 0.264 e. The van der Waals surface area contributed by atoms with Gasteiger partial charge in [0.15, 0.2) is 0 Å². The number of anilines is 1. The van der Waals surface area contributed by atoms with Crippen LogP contribution in [-0.2, 0) is 26.2 Å². The van der Waals surface area contributed by atoms with Crippen molar-refractivity contribution in [1.29, 1.82) is 0 Å². The highest BCUT2D eigenvalue weighted by Gasteiger charge is 2.32. The molecule has 0 saturated carbocycles. The molecule has 3 rings (SSSR count). The van der Waals surface area contributed by atoms with Gasteiger partial charge in [0, 0.05) is 12.6 Å². The van der Waals surface area contributed by atoms with Gasteiger partial charge in [-0.2, -0.15) is 0 Å². The highest BCUT2D eigenvalue weighted by Crippen LogP contribution is 2.26. The molecule has 0 radical (unpaired) electrons. The van der Waals surface area contributed by atoms with E-state index in [0.717, 1.165) is 33.0 Å². The molecule has 208 valence electrons. The van der Waals surface area contributed by atoms with E-state index >= 15 is 0 Å². The molecule has 0 aromatic heterocycles. The normalized spacial score (nSPS) is 12.9. The fraction of sp³-hybridized carbons (Fsp3) is 0.355. The summed E-state index contributed by atoms with van der Waals surface area (Å²) in [5, 5.41) is 2.95. The fourth-order valence-corrected chi connectivity index (χ4v) is 5.70. The van der Waals surface area contributed by atoms with Crippen LogP contribution < -0.4 is 9.62 Å². The van der Waals surface area contributed by atoms with Crippen LogP contribution >= 0.6 is 0 Å². The second-order valence-electron chi connectivity index (χ2n) is 10.2. The summed E-state index contributed by atoms with van der Waals surface area (Å²) in [5.41, 5.74) is 4.08. The number of aryl methyl sites for hydroxylation is 3. The van der Waals surface area contributed by atoms with E-state index in [1.165, 1.54) is 17.0 Å².